The van der Waals surface area contributed by atoms with Crippen molar-refractivity contribution >= 4 is 11.3 Å². The lowest BCUT2D eigenvalue weighted by atomic mass is 9.91. The van der Waals surface area contributed by atoms with Gasteiger partial charge in [0, 0.05) is 16.8 Å². The lowest BCUT2D eigenvalue weighted by Crippen LogP contribution is -2.19. The van der Waals surface area contributed by atoms with Gasteiger partial charge in [-0.25, -0.2) is 4.98 Å². The van der Waals surface area contributed by atoms with E-state index in [9.17, 15) is 0 Å². The molecule has 0 atom stereocenters. The average molecular weight is 254 g/mol. The van der Waals surface area contributed by atoms with Crippen LogP contribution in [-0.2, 0) is 18.4 Å². The summed E-state index contributed by atoms with van der Waals surface area (Å²) in [7, 11) is 0. The Bertz CT molecular complexity index is 336. The highest BCUT2D eigenvalue weighted by atomic mass is 32.1. The van der Waals surface area contributed by atoms with Crippen LogP contribution in [-0.4, -0.2) is 11.5 Å². The molecular weight excluding hydrogens is 228 g/mol. The smallest absolute Gasteiger partial charge is 0.0931 e. The summed E-state index contributed by atoms with van der Waals surface area (Å²) in [6, 6.07) is 0. The van der Waals surface area contributed by atoms with Gasteiger partial charge in [0.15, 0.2) is 0 Å². The van der Waals surface area contributed by atoms with E-state index < -0.39 is 0 Å². The van der Waals surface area contributed by atoms with Crippen molar-refractivity contribution in [2.45, 2.75) is 65.8 Å². The first-order valence-corrected chi connectivity index (χ1v) is 7.50. The van der Waals surface area contributed by atoms with E-state index >= 15 is 0 Å². The molecule has 0 amide bonds. The second-order valence-electron chi connectivity index (χ2n) is 5.56. The van der Waals surface area contributed by atoms with E-state index in [0.717, 1.165) is 19.5 Å². The van der Waals surface area contributed by atoms with E-state index in [1.165, 1.54) is 28.4 Å². The monoisotopic (exact) mass is 254 g/mol. The normalized spacial score (nSPS) is 12.1. The van der Waals surface area contributed by atoms with Crippen LogP contribution in [0, 0.1) is 0 Å². The van der Waals surface area contributed by atoms with Gasteiger partial charge >= 0.3 is 0 Å². The summed E-state index contributed by atoms with van der Waals surface area (Å²) < 4.78 is 0. The van der Waals surface area contributed by atoms with Gasteiger partial charge < -0.3 is 5.32 Å². The van der Waals surface area contributed by atoms with Crippen LogP contribution >= 0.6 is 11.3 Å². The van der Waals surface area contributed by atoms with Crippen LogP contribution in [0.2, 0.25) is 0 Å². The third-order valence-corrected chi connectivity index (χ3v) is 3.74. The van der Waals surface area contributed by atoms with E-state index in [1.54, 1.807) is 0 Å². The van der Waals surface area contributed by atoms with Crippen LogP contribution < -0.4 is 5.32 Å². The number of nitrogens with one attached hydrogen (secondary N) is 1. The van der Waals surface area contributed by atoms with Crippen LogP contribution in [0.15, 0.2) is 0 Å². The van der Waals surface area contributed by atoms with Crippen molar-refractivity contribution in [3.63, 3.8) is 0 Å². The molecule has 0 unspecified atom stereocenters. The number of aryl methyl sites for hydroxylation is 1. The molecule has 2 nitrogen and oxygen atoms in total. The third-order valence-electron chi connectivity index (χ3n) is 2.63. The topological polar surface area (TPSA) is 24.9 Å². The Labute approximate surface area is 110 Å². The summed E-state index contributed by atoms with van der Waals surface area (Å²) >= 11 is 1.89. The Morgan fingerprint density at radius 3 is 2.41 bits per heavy atom. The molecule has 1 aromatic rings. The minimum atomic E-state index is 0.158. The fourth-order valence-electron chi connectivity index (χ4n) is 1.81. The van der Waals surface area contributed by atoms with Crippen LogP contribution in [0.1, 0.15) is 63.0 Å². The molecule has 1 rings (SSSR count). The highest BCUT2D eigenvalue weighted by Crippen LogP contribution is 2.30. The van der Waals surface area contributed by atoms with E-state index in [-0.39, 0.29) is 5.41 Å². The van der Waals surface area contributed by atoms with Gasteiger partial charge in [-0.3, -0.25) is 0 Å². The second-order valence-corrected chi connectivity index (χ2v) is 6.72. The number of hydrogen-bond donors (Lipinski definition) is 1. The largest absolute Gasteiger partial charge is 0.312 e. The van der Waals surface area contributed by atoms with Gasteiger partial charge in [-0.15, -0.1) is 11.3 Å². The zero-order valence-electron chi connectivity index (χ0n) is 11.9. The number of nitrogens with zero attached hydrogens (tertiary/aromatic N) is 1. The molecule has 0 radical (unpaired) electrons. The quantitative estimate of drug-likeness (QED) is 0.779. The van der Waals surface area contributed by atoms with Gasteiger partial charge in [0.2, 0.25) is 0 Å². The molecule has 0 spiro atoms. The molecule has 0 aliphatic carbocycles. The predicted molar refractivity (Wildman–Crippen MR) is 76.8 cm³/mol. The van der Waals surface area contributed by atoms with Gasteiger partial charge in [0.1, 0.15) is 0 Å². The highest BCUT2D eigenvalue weighted by Gasteiger charge is 2.22. The number of hydrogen-bond acceptors (Lipinski definition) is 3. The van der Waals surface area contributed by atoms with Gasteiger partial charge in [-0.1, -0.05) is 34.6 Å². The molecule has 0 fully saturated rings. The van der Waals surface area contributed by atoms with Crippen molar-refractivity contribution in [1.29, 1.82) is 0 Å². The van der Waals surface area contributed by atoms with Gasteiger partial charge in [-0.05, 0) is 25.8 Å². The predicted octanol–water partition coefficient (Wildman–Crippen LogP) is 3.89. The molecule has 0 saturated carbocycles. The number of rotatable bonds is 6. The lowest BCUT2D eigenvalue weighted by molar-refractivity contribution is 0.557. The van der Waals surface area contributed by atoms with Gasteiger partial charge in [-0.2, -0.15) is 0 Å². The van der Waals surface area contributed by atoms with Crippen LogP contribution in [0.3, 0.4) is 0 Å². The molecule has 0 aliphatic heterocycles. The van der Waals surface area contributed by atoms with E-state index in [1.807, 2.05) is 11.3 Å². The second kappa shape index (κ2) is 6.50. The van der Waals surface area contributed by atoms with Crippen molar-refractivity contribution in [1.82, 2.24) is 10.3 Å². The summed E-state index contributed by atoms with van der Waals surface area (Å²) in [5.41, 5.74) is 1.45. The van der Waals surface area contributed by atoms with E-state index in [4.69, 9.17) is 4.98 Å². The standard InChI is InChI=1S/C14H26N2S/c1-6-8-12-16-13(14(3,4)5)11(17-12)10-15-9-7-2/h15H,6-10H2,1-5H3. The average Bonchev–Trinajstić information content (AvgIpc) is 2.62. The Kier molecular flexibility index (Phi) is 5.60. The highest BCUT2D eigenvalue weighted by molar-refractivity contribution is 7.11. The Balaban J connectivity index is 2.84. The first kappa shape index (κ1) is 14.7. The van der Waals surface area contributed by atoms with Crippen LogP contribution in [0.4, 0.5) is 0 Å². The minimum Gasteiger partial charge on any atom is -0.312 e. The van der Waals surface area contributed by atoms with Gasteiger partial charge in [0.25, 0.3) is 0 Å². The number of thiazole rings is 1. The molecule has 0 saturated heterocycles. The molecule has 0 aromatic carbocycles. The van der Waals surface area contributed by atoms with Crippen molar-refractivity contribution < 1.29 is 0 Å². The first-order chi connectivity index (χ1) is 7.99. The number of aromatic nitrogens is 1. The fourth-order valence-corrected chi connectivity index (χ4v) is 3.16. The summed E-state index contributed by atoms with van der Waals surface area (Å²) in [4.78, 5) is 6.25. The van der Waals surface area contributed by atoms with Crippen molar-refractivity contribution in [3.05, 3.63) is 15.6 Å². The van der Waals surface area contributed by atoms with E-state index in [2.05, 4.69) is 39.9 Å². The minimum absolute atomic E-state index is 0.158. The lowest BCUT2D eigenvalue weighted by Gasteiger charge is -2.17. The third kappa shape index (κ3) is 4.40. The summed E-state index contributed by atoms with van der Waals surface area (Å²) in [6.07, 6.45) is 3.48. The summed E-state index contributed by atoms with van der Waals surface area (Å²) in [5.74, 6) is 0. The molecule has 0 aliphatic rings. The Morgan fingerprint density at radius 1 is 1.18 bits per heavy atom. The maximum absolute atomic E-state index is 4.83. The molecule has 1 heterocycles. The molecular formula is C14H26N2S. The molecule has 98 valence electrons. The van der Waals surface area contributed by atoms with Crippen molar-refractivity contribution in [3.8, 4) is 0 Å². The summed E-state index contributed by atoms with van der Waals surface area (Å²) in [6.45, 7) is 13.2. The molecule has 1 N–H and O–H groups in total. The maximum Gasteiger partial charge on any atom is 0.0931 e. The molecule has 1 aromatic heterocycles. The van der Waals surface area contributed by atoms with Crippen molar-refractivity contribution in [2.75, 3.05) is 6.54 Å². The maximum atomic E-state index is 4.83. The zero-order valence-corrected chi connectivity index (χ0v) is 12.7. The molecule has 17 heavy (non-hydrogen) atoms. The van der Waals surface area contributed by atoms with Crippen LogP contribution in [0.25, 0.3) is 0 Å². The van der Waals surface area contributed by atoms with Crippen molar-refractivity contribution in [2.24, 2.45) is 0 Å². The first-order valence-electron chi connectivity index (χ1n) is 6.68. The van der Waals surface area contributed by atoms with Crippen LogP contribution in [0.5, 0.6) is 0 Å². The Hall–Kier alpha value is -0.410. The molecule has 3 heteroatoms. The SMILES string of the molecule is CCCNCc1sc(CCC)nc1C(C)(C)C. The summed E-state index contributed by atoms with van der Waals surface area (Å²) in [5, 5.41) is 4.79. The zero-order chi connectivity index (χ0) is 12.9. The van der Waals surface area contributed by atoms with Gasteiger partial charge in [0.05, 0.1) is 10.7 Å². The fraction of sp³-hybridized carbons (Fsp3) is 0.786. The molecule has 0 bridgehead atoms. The Morgan fingerprint density at radius 2 is 1.88 bits per heavy atom. The van der Waals surface area contributed by atoms with E-state index in [0.29, 0.717) is 0 Å².